The SMILES string of the molecule is CCc1nc2ccccc2c(C(=O)Nc2ccc(CN3CCCC(C(N)=O)C3)cc2)c1C. The first-order chi connectivity index (χ1) is 15.5. The normalized spacial score (nSPS) is 16.8. The van der Waals surface area contributed by atoms with Crippen LogP contribution in [0.3, 0.4) is 0 Å². The quantitative estimate of drug-likeness (QED) is 0.617. The molecule has 2 aromatic carbocycles. The van der Waals surface area contributed by atoms with Crippen LogP contribution in [0.5, 0.6) is 0 Å². The lowest BCUT2D eigenvalue weighted by Crippen LogP contribution is -2.40. The van der Waals surface area contributed by atoms with E-state index in [1.807, 2.05) is 55.5 Å². The monoisotopic (exact) mass is 430 g/mol. The molecule has 1 saturated heterocycles. The van der Waals surface area contributed by atoms with E-state index in [0.29, 0.717) is 12.1 Å². The Morgan fingerprint density at radius 2 is 1.91 bits per heavy atom. The first kappa shape index (κ1) is 22.0. The fourth-order valence-corrected chi connectivity index (χ4v) is 4.57. The summed E-state index contributed by atoms with van der Waals surface area (Å²) in [5.74, 6) is -0.393. The van der Waals surface area contributed by atoms with Gasteiger partial charge in [0, 0.05) is 29.9 Å². The summed E-state index contributed by atoms with van der Waals surface area (Å²) < 4.78 is 0. The Bertz CT molecular complexity index is 1140. The lowest BCUT2D eigenvalue weighted by Gasteiger charge is -2.31. The summed E-state index contributed by atoms with van der Waals surface area (Å²) in [6.07, 6.45) is 2.64. The number of piperidine rings is 1. The largest absolute Gasteiger partial charge is 0.369 e. The molecule has 0 radical (unpaired) electrons. The number of aryl methyl sites for hydroxylation is 1. The van der Waals surface area contributed by atoms with Gasteiger partial charge >= 0.3 is 0 Å². The van der Waals surface area contributed by atoms with E-state index >= 15 is 0 Å². The smallest absolute Gasteiger partial charge is 0.256 e. The third kappa shape index (κ3) is 4.65. The molecule has 3 aromatic rings. The number of pyridine rings is 1. The molecule has 2 heterocycles. The predicted molar refractivity (Wildman–Crippen MR) is 127 cm³/mol. The molecule has 0 saturated carbocycles. The highest BCUT2D eigenvalue weighted by molar-refractivity contribution is 6.13. The molecule has 0 spiro atoms. The third-order valence-corrected chi connectivity index (χ3v) is 6.32. The van der Waals surface area contributed by atoms with Crippen molar-refractivity contribution in [3.8, 4) is 0 Å². The van der Waals surface area contributed by atoms with Gasteiger partial charge < -0.3 is 11.1 Å². The number of carbonyl (C=O) groups excluding carboxylic acids is 2. The van der Waals surface area contributed by atoms with Crippen LogP contribution in [0.15, 0.2) is 48.5 Å². The van der Waals surface area contributed by atoms with Crippen molar-refractivity contribution in [1.29, 1.82) is 0 Å². The number of rotatable bonds is 6. The minimum absolute atomic E-state index is 0.0613. The van der Waals surface area contributed by atoms with Gasteiger partial charge in [0.05, 0.1) is 17.0 Å². The van der Waals surface area contributed by atoms with Crippen molar-refractivity contribution in [2.75, 3.05) is 18.4 Å². The molecule has 32 heavy (non-hydrogen) atoms. The van der Waals surface area contributed by atoms with Gasteiger partial charge in [0.1, 0.15) is 0 Å². The molecule has 4 rings (SSSR count). The van der Waals surface area contributed by atoms with Gasteiger partial charge in [-0.1, -0.05) is 37.3 Å². The van der Waals surface area contributed by atoms with Crippen molar-refractivity contribution in [3.63, 3.8) is 0 Å². The Labute approximate surface area is 188 Å². The lowest BCUT2D eigenvalue weighted by molar-refractivity contribution is -0.123. The van der Waals surface area contributed by atoms with Crippen LogP contribution in [-0.4, -0.2) is 34.8 Å². The van der Waals surface area contributed by atoms with Crippen LogP contribution in [0.2, 0.25) is 0 Å². The Morgan fingerprint density at radius 3 is 2.62 bits per heavy atom. The van der Waals surface area contributed by atoms with Gasteiger partial charge in [-0.05, 0) is 62.1 Å². The number of primary amides is 1. The Morgan fingerprint density at radius 1 is 1.16 bits per heavy atom. The maximum absolute atomic E-state index is 13.2. The number of para-hydroxylation sites is 1. The summed E-state index contributed by atoms with van der Waals surface area (Å²) in [5.41, 5.74) is 10.8. The first-order valence-corrected chi connectivity index (χ1v) is 11.3. The lowest BCUT2D eigenvalue weighted by atomic mass is 9.97. The third-order valence-electron chi connectivity index (χ3n) is 6.32. The summed E-state index contributed by atoms with van der Waals surface area (Å²) in [7, 11) is 0. The number of likely N-dealkylation sites (tertiary alicyclic amines) is 1. The summed E-state index contributed by atoms with van der Waals surface area (Å²) in [5, 5.41) is 3.92. The highest BCUT2D eigenvalue weighted by atomic mass is 16.2. The predicted octanol–water partition coefficient (Wildman–Crippen LogP) is 4.06. The highest BCUT2D eigenvalue weighted by Crippen LogP contribution is 2.25. The van der Waals surface area contributed by atoms with Gasteiger partial charge in [-0.3, -0.25) is 19.5 Å². The summed E-state index contributed by atoms with van der Waals surface area (Å²) >= 11 is 0. The molecular formula is C26H30N4O2. The van der Waals surface area contributed by atoms with Crippen LogP contribution >= 0.6 is 0 Å². The molecule has 3 N–H and O–H groups in total. The second-order valence-corrected chi connectivity index (χ2v) is 8.56. The van der Waals surface area contributed by atoms with Crippen molar-refractivity contribution in [2.45, 2.75) is 39.7 Å². The molecular weight excluding hydrogens is 400 g/mol. The van der Waals surface area contributed by atoms with Crippen molar-refractivity contribution >= 4 is 28.4 Å². The van der Waals surface area contributed by atoms with Crippen molar-refractivity contribution in [1.82, 2.24) is 9.88 Å². The molecule has 166 valence electrons. The van der Waals surface area contributed by atoms with E-state index in [0.717, 1.165) is 65.8 Å². The molecule has 1 fully saturated rings. The van der Waals surface area contributed by atoms with E-state index in [9.17, 15) is 9.59 Å². The van der Waals surface area contributed by atoms with Crippen molar-refractivity contribution < 1.29 is 9.59 Å². The molecule has 1 aliphatic heterocycles. The number of carbonyl (C=O) groups is 2. The van der Waals surface area contributed by atoms with E-state index in [4.69, 9.17) is 10.7 Å². The topological polar surface area (TPSA) is 88.3 Å². The number of aromatic nitrogens is 1. The van der Waals surface area contributed by atoms with Gasteiger partial charge in [0.2, 0.25) is 5.91 Å². The van der Waals surface area contributed by atoms with Gasteiger partial charge in [-0.15, -0.1) is 0 Å². The van der Waals surface area contributed by atoms with Gasteiger partial charge in [0.25, 0.3) is 5.91 Å². The minimum atomic E-state index is -0.210. The number of nitrogens with two attached hydrogens (primary N) is 1. The van der Waals surface area contributed by atoms with Crippen LogP contribution in [-0.2, 0) is 17.8 Å². The fourth-order valence-electron chi connectivity index (χ4n) is 4.57. The minimum Gasteiger partial charge on any atom is -0.369 e. The van der Waals surface area contributed by atoms with Crippen LogP contribution in [0.1, 0.15) is 46.9 Å². The number of nitrogens with one attached hydrogen (secondary N) is 1. The second-order valence-electron chi connectivity index (χ2n) is 8.56. The molecule has 1 atom stereocenters. The molecule has 2 amide bonds. The molecule has 6 nitrogen and oxygen atoms in total. The zero-order valence-corrected chi connectivity index (χ0v) is 18.7. The number of nitrogens with zero attached hydrogens (tertiary/aromatic N) is 2. The van der Waals surface area contributed by atoms with Crippen LogP contribution in [0.25, 0.3) is 10.9 Å². The highest BCUT2D eigenvalue weighted by Gasteiger charge is 2.24. The molecule has 0 bridgehead atoms. The van der Waals surface area contributed by atoms with E-state index in [-0.39, 0.29) is 17.7 Å². The van der Waals surface area contributed by atoms with Crippen molar-refractivity contribution in [3.05, 3.63) is 70.9 Å². The van der Waals surface area contributed by atoms with Crippen LogP contribution in [0, 0.1) is 12.8 Å². The Kier molecular flexibility index (Phi) is 6.51. The number of benzene rings is 2. The number of amides is 2. The summed E-state index contributed by atoms with van der Waals surface area (Å²) in [6.45, 7) is 6.47. The number of anilines is 1. The zero-order chi connectivity index (χ0) is 22.7. The van der Waals surface area contributed by atoms with Gasteiger partial charge in [0.15, 0.2) is 0 Å². The standard InChI is InChI=1S/C26H30N4O2/c1-3-22-17(2)24(21-8-4-5-9-23(21)29-22)26(32)28-20-12-10-18(11-13-20)15-30-14-6-7-19(16-30)25(27)31/h4-5,8-13,19H,3,6-7,14-16H2,1-2H3,(H2,27,31)(H,28,32). The zero-order valence-electron chi connectivity index (χ0n) is 18.7. The molecule has 1 aliphatic rings. The Hall–Kier alpha value is -3.25. The Balaban J connectivity index is 1.49. The maximum Gasteiger partial charge on any atom is 0.256 e. The maximum atomic E-state index is 13.2. The number of fused-ring (bicyclic) bond motifs is 1. The summed E-state index contributed by atoms with van der Waals surface area (Å²) in [6, 6.07) is 15.7. The molecule has 1 unspecified atom stereocenters. The van der Waals surface area contributed by atoms with Gasteiger partial charge in [-0.25, -0.2) is 0 Å². The molecule has 6 heteroatoms. The first-order valence-electron chi connectivity index (χ1n) is 11.3. The van der Waals surface area contributed by atoms with E-state index in [1.165, 1.54) is 0 Å². The van der Waals surface area contributed by atoms with Gasteiger partial charge in [-0.2, -0.15) is 0 Å². The molecule has 1 aromatic heterocycles. The number of hydrogen-bond acceptors (Lipinski definition) is 4. The van der Waals surface area contributed by atoms with Crippen molar-refractivity contribution in [2.24, 2.45) is 11.7 Å². The fraction of sp³-hybridized carbons (Fsp3) is 0.346. The average Bonchev–Trinajstić information content (AvgIpc) is 2.80. The number of hydrogen-bond donors (Lipinski definition) is 2. The van der Waals surface area contributed by atoms with Crippen LogP contribution < -0.4 is 11.1 Å². The average molecular weight is 431 g/mol. The van der Waals surface area contributed by atoms with E-state index < -0.39 is 0 Å². The van der Waals surface area contributed by atoms with Crippen LogP contribution in [0.4, 0.5) is 5.69 Å². The van der Waals surface area contributed by atoms with E-state index in [1.54, 1.807) is 0 Å². The molecule has 0 aliphatic carbocycles. The second kappa shape index (κ2) is 9.49. The van der Waals surface area contributed by atoms with E-state index in [2.05, 4.69) is 17.1 Å². The summed E-state index contributed by atoms with van der Waals surface area (Å²) in [4.78, 5) is 31.7.